The molecule has 0 amide bonds. The largest absolute Gasteiger partial charge is 0.616 e. The van der Waals surface area contributed by atoms with Crippen molar-refractivity contribution in [2.24, 2.45) is 0 Å². The topological polar surface area (TPSA) is 75.7 Å². The van der Waals surface area contributed by atoms with Crippen molar-refractivity contribution in [1.82, 2.24) is 0 Å². The minimum Gasteiger partial charge on any atom is -0.616 e. The summed E-state index contributed by atoms with van der Waals surface area (Å²) in [5.41, 5.74) is 0. The van der Waals surface area contributed by atoms with E-state index in [1.807, 2.05) is 0 Å². The van der Waals surface area contributed by atoms with Crippen molar-refractivity contribution in [2.75, 3.05) is 12.0 Å². The van der Waals surface area contributed by atoms with Crippen molar-refractivity contribution in [3.05, 3.63) is 0 Å². The molecule has 1 heterocycles. The normalized spacial score (nSPS) is 30.7. The minimum absolute atomic E-state index is 0.00269. The molecule has 1 fully saturated rings. The maximum atomic E-state index is 11.1. The predicted molar refractivity (Wildman–Crippen MR) is 44.4 cm³/mol. The van der Waals surface area contributed by atoms with Crippen LogP contribution in [0.4, 0.5) is 0 Å². The molecule has 1 aliphatic heterocycles. The molecule has 1 rings (SSSR count). The summed E-state index contributed by atoms with van der Waals surface area (Å²) in [6, 6.07) is 0. The van der Waals surface area contributed by atoms with Gasteiger partial charge in [-0.25, -0.2) is 9.59 Å². The van der Waals surface area contributed by atoms with Crippen LogP contribution >= 0.6 is 0 Å². The van der Waals surface area contributed by atoms with E-state index in [0.717, 1.165) is 0 Å². The third-order valence-corrected chi connectivity index (χ3v) is 2.30. The minimum atomic E-state index is -1.19. The van der Waals surface area contributed by atoms with E-state index in [1.165, 1.54) is 13.2 Å². The molecule has 0 aromatic rings. The van der Waals surface area contributed by atoms with Crippen LogP contribution in [0, 0.1) is 0 Å². The second kappa shape index (κ2) is 3.97. The summed E-state index contributed by atoms with van der Waals surface area (Å²) in [7, 11) is 0. The zero-order valence-electron chi connectivity index (χ0n) is 7.31. The lowest BCUT2D eigenvalue weighted by molar-refractivity contribution is -0.191. The lowest BCUT2D eigenvalue weighted by Gasteiger charge is -2.24. The lowest BCUT2D eigenvalue weighted by atomic mass is 10.3. The summed E-state index contributed by atoms with van der Waals surface area (Å²) in [6.07, 6.45) is -0.428. The fourth-order valence-electron chi connectivity index (χ4n) is 0.898. The molecule has 0 aromatic heterocycles. The van der Waals surface area contributed by atoms with Gasteiger partial charge in [-0.2, -0.15) is 0 Å². The van der Waals surface area contributed by atoms with Gasteiger partial charge in [-0.3, -0.25) is 0 Å². The molecule has 0 spiro atoms. The Labute approximate surface area is 78.6 Å². The SMILES string of the molecule is C[C@H]1OC(=O)[C@H](C[S+](C)[O-])OC1=O. The van der Waals surface area contributed by atoms with Gasteiger partial charge in [0.1, 0.15) is 0 Å². The first-order valence-corrected chi connectivity index (χ1v) is 5.44. The maximum absolute atomic E-state index is 11.1. The number of carbonyl (C=O) groups is 2. The third-order valence-electron chi connectivity index (χ3n) is 1.53. The van der Waals surface area contributed by atoms with Crippen LogP contribution in [0.25, 0.3) is 0 Å². The van der Waals surface area contributed by atoms with Crippen LogP contribution in [0.2, 0.25) is 0 Å². The molecule has 3 atom stereocenters. The second-order valence-corrected chi connectivity index (χ2v) is 4.22. The van der Waals surface area contributed by atoms with Crippen LogP contribution in [-0.4, -0.2) is 40.7 Å². The van der Waals surface area contributed by atoms with E-state index in [9.17, 15) is 14.1 Å². The zero-order valence-corrected chi connectivity index (χ0v) is 8.13. The molecular formula is C7H10O5S. The first-order chi connectivity index (χ1) is 6.00. The first-order valence-electron chi connectivity index (χ1n) is 3.71. The van der Waals surface area contributed by atoms with Crippen molar-refractivity contribution in [3.63, 3.8) is 0 Å². The molecule has 13 heavy (non-hydrogen) atoms. The van der Waals surface area contributed by atoms with E-state index in [-0.39, 0.29) is 5.75 Å². The molecule has 1 aliphatic rings. The lowest BCUT2D eigenvalue weighted by Crippen LogP contribution is -2.45. The molecule has 5 nitrogen and oxygen atoms in total. The highest BCUT2D eigenvalue weighted by atomic mass is 32.2. The summed E-state index contributed by atoms with van der Waals surface area (Å²) in [6.45, 7) is 1.43. The Balaban J connectivity index is 2.56. The third kappa shape index (κ3) is 2.60. The van der Waals surface area contributed by atoms with E-state index in [4.69, 9.17) is 4.74 Å². The van der Waals surface area contributed by atoms with Gasteiger partial charge >= 0.3 is 11.9 Å². The Hall–Kier alpha value is -0.750. The highest BCUT2D eigenvalue weighted by Gasteiger charge is 2.37. The molecule has 0 radical (unpaired) electrons. The van der Waals surface area contributed by atoms with Gasteiger partial charge in [0.25, 0.3) is 0 Å². The van der Waals surface area contributed by atoms with Crippen molar-refractivity contribution >= 4 is 23.1 Å². The molecule has 0 aromatic carbocycles. The fraction of sp³-hybridized carbons (Fsp3) is 0.714. The summed E-state index contributed by atoms with van der Waals surface area (Å²) < 4.78 is 20.1. The highest BCUT2D eigenvalue weighted by Crippen LogP contribution is 2.11. The van der Waals surface area contributed by atoms with Gasteiger partial charge in [0.2, 0.25) is 6.10 Å². The number of rotatable bonds is 2. The number of cyclic esters (lactones) is 2. The van der Waals surface area contributed by atoms with Crippen molar-refractivity contribution in [3.8, 4) is 0 Å². The zero-order chi connectivity index (χ0) is 10.0. The Kier molecular flexibility index (Phi) is 3.16. The van der Waals surface area contributed by atoms with Crippen molar-refractivity contribution < 1.29 is 23.6 Å². The summed E-state index contributed by atoms with van der Waals surface area (Å²) in [5, 5.41) is 0. The Morgan fingerprint density at radius 2 is 2.00 bits per heavy atom. The van der Waals surface area contributed by atoms with Crippen LogP contribution < -0.4 is 0 Å². The standard InChI is InChI=1S/C7H10O5S/c1-4-6(8)12-5(3-13(2)10)7(9)11-4/h4-5H,3H2,1-2H3/t4-,5+,13?/m1/s1. The fourth-order valence-corrected chi connectivity index (χ4v) is 1.53. The average molecular weight is 206 g/mol. The average Bonchev–Trinajstić information content (AvgIpc) is 1.99. The van der Waals surface area contributed by atoms with Crippen LogP contribution in [0.15, 0.2) is 0 Å². The Bertz CT molecular complexity index is 227. The van der Waals surface area contributed by atoms with Gasteiger partial charge in [-0.1, -0.05) is 11.2 Å². The summed E-state index contributed by atoms with van der Waals surface area (Å²) in [4.78, 5) is 22.0. The van der Waals surface area contributed by atoms with Gasteiger partial charge in [-0.15, -0.1) is 0 Å². The van der Waals surface area contributed by atoms with E-state index in [0.29, 0.717) is 0 Å². The second-order valence-electron chi connectivity index (χ2n) is 2.74. The van der Waals surface area contributed by atoms with Gasteiger partial charge in [-0.05, 0) is 6.92 Å². The molecular weight excluding hydrogens is 196 g/mol. The maximum Gasteiger partial charge on any atom is 0.353 e. The first kappa shape index (κ1) is 10.3. The molecule has 0 saturated carbocycles. The molecule has 74 valence electrons. The van der Waals surface area contributed by atoms with Gasteiger partial charge in [0.05, 0.1) is 6.26 Å². The van der Waals surface area contributed by atoms with Crippen molar-refractivity contribution in [1.29, 1.82) is 0 Å². The number of ether oxygens (including phenoxy) is 2. The predicted octanol–water partition coefficient (Wildman–Crippen LogP) is -0.778. The quantitative estimate of drug-likeness (QED) is 0.437. The molecule has 6 heteroatoms. The van der Waals surface area contributed by atoms with Gasteiger partial charge < -0.3 is 14.0 Å². The van der Waals surface area contributed by atoms with E-state index >= 15 is 0 Å². The van der Waals surface area contributed by atoms with E-state index < -0.39 is 35.3 Å². The number of hydrogen-bond acceptors (Lipinski definition) is 5. The van der Waals surface area contributed by atoms with Gasteiger partial charge in [0, 0.05) is 0 Å². The number of hydrogen-bond donors (Lipinski definition) is 0. The number of carbonyl (C=O) groups excluding carboxylic acids is 2. The molecule has 1 unspecified atom stereocenters. The molecule has 0 aliphatic carbocycles. The van der Waals surface area contributed by atoms with Gasteiger partial charge in [0.15, 0.2) is 11.9 Å². The Morgan fingerprint density at radius 1 is 1.38 bits per heavy atom. The molecule has 1 saturated heterocycles. The van der Waals surface area contributed by atoms with Crippen molar-refractivity contribution in [2.45, 2.75) is 19.1 Å². The van der Waals surface area contributed by atoms with Crippen LogP contribution in [0.1, 0.15) is 6.92 Å². The van der Waals surface area contributed by atoms with Crippen LogP contribution in [0.3, 0.4) is 0 Å². The monoisotopic (exact) mass is 206 g/mol. The highest BCUT2D eigenvalue weighted by molar-refractivity contribution is 7.90. The smallest absolute Gasteiger partial charge is 0.353 e. The van der Waals surface area contributed by atoms with E-state index in [1.54, 1.807) is 0 Å². The van der Waals surface area contributed by atoms with E-state index in [2.05, 4.69) is 4.74 Å². The summed E-state index contributed by atoms with van der Waals surface area (Å²) >= 11 is -1.19. The van der Waals surface area contributed by atoms with Crippen LogP contribution in [-0.2, 0) is 30.2 Å². The van der Waals surface area contributed by atoms with Crippen LogP contribution in [0.5, 0.6) is 0 Å². The Morgan fingerprint density at radius 3 is 2.54 bits per heavy atom. The number of esters is 2. The summed E-state index contributed by atoms with van der Waals surface area (Å²) in [5.74, 6) is -1.21. The molecule has 0 N–H and O–H groups in total. The molecule has 0 bridgehead atoms.